The molecule has 1 N–H and O–H groups in total. The topological polar surface area (TPSA) is 20.2 Å². The van der Waals surface area contributed by atoms with E-state index >= 15 is 0 Å². The molecular formula is C16H24O. The maximum atomic E-state index is 10.1. The highest BCUT2D eigenvalue weighted by Gasteiger charge is 2.15. The summed E-state index contributed by atoms with van der Waals surface area (Å²) < 4.78 is 0. The van der Waals surface area contributed by atoms with Crippen molar-refractivity contribution in [3.63, 3.8) is 0 Å². The molecule has 1 aromatic rings. The van der Waals surface area contributed by atoms with E-state index in [9.17, 15) is 5.11 Å². The normalized spacial score (nSPS) is 14.2. The molecule has 2 atom stereocenters. The van der Waals surface area contributed by atoms with Crippen molar-refractivity contribution < 1.29 is 5.11 Å². The lowest BCUT2D eigenvalue weighted by atomic mass is 9.92. The van der Waals surface area contributed by atoms with E-state index in [1.54, 1.807) is 0 Å². The van der Waals surface area contributed by atoms with Gasteiger partial charge in [-0.3, -0.25) is 0 Å². The maximum absolute atomic E-state index is 10.1. The summed E-state index contributed by atoms with van der Waals surface area (Å²) in [6, 6.07) is 10.3. The van der Waals surface area contributed by atoms with E-state index in [0.29, 0.717) is 0 Å². The zero-order chi connectivity index (χ0) is 12.5. The highest BCUT2D eigenvalue weighted by atomic mass is 16.3. The highest BCUT2D eigenvalue weighted by molar-refractivity contribution is 5.19. The number of aliphatic hydroxyl groups excluding tert-OH is 1. The van der Waals surface area contributed by atoms with Crippen LogP contribution in [-0.4, -0.2) is 11.2 Å². The van der Waals surface area contributed by atoms with Crippen LogP contribution in [0, 0.1) is 0 Å². The Balaban J connectivity index is 2.27. The van der Waals surface area contributed by atoms with Gasteiger partial charge in [-0.15, -0.1) is 6.58 Å². The molecule has 0 aliphatic carbocycles. The van der Waals surface area contributed by atoms with Gasteiger partial charge in [0.1, 0.15) is 0 Å². The molecule has 0 amide bonds. The van der Waals surface area contributed by atoms with E-state index in [4.69, 9.17) is 0 Å². The predicted octanol–water partition coefficient (Wildman–Crippen LogP) is 4.29. The molecule has 94 valence electrons. The van der Waals surface area contributed by atoms with Crippen molar-refractivity contribution in [3.8, 4) is 0 Å². The molecule has 1 nitrogen and oxygen atoms in total. The first-order valence-electron chi connectivity index (χ1n) is 6.59. The lowest BCUT2D eigenvalue weighted by Crippen LogP contribution is -2.15. The molecule has 17 heavy (non-hydrogen) atoms. The summed E-state index contributed by atoms with van der Waals surface area (Å²) in [6.07, 6.45) is 7.20. The molecule has 0 fully saturated rings. The number of rotatable bonds is 8. The number of hydrogen-bond donors (Lipinski definition) is 1. The zero-order valence-electron chi connectivity index (χ0n) is 10.8. The van der Waals surface area contributed by atoms with Crippen molar-refractivity contribution in [3.05, 3.63) is 48.6 Å². The van der Waals surface area contributed by atoms with Crippen LogP contribution in [0.1, 0.15) is 50.5 Å². The molecule has 1 aromatic carbocycles. The fourth-order valence-electron chi connectivity index (χ4n) is 2.05. The van der Waals surface area contributed by atoms with Gasteiger partial charge in [0, 0.05) is 5.92 Å². The highest BCUT2D eigenvalue weighted by Crippen LogP contribution is 2.22. The Kier molecular flexibility index (Phi) is 6.64. The minimum atomic E-state index is -0.221. The number of allylic oxidation sites excluding steroid dienone is 1. The third-order valence-corrected chi connectivity index (χ3v) is 3.31. The molecule has 0 aliphatic heterocycles. The molecule has 0 radical (unpaired) electrons. The Morgan fingerprint density at radius 2 is 1.88 bits per heavy atom. The Morgan fingerprint density at radius 1 is 1.18 bits per heavy atom. The van der Waals surface area contributed by atoms with E-state index in [1.807, 2.05) is 24.3 Å². The van der Waals surface area contributed by atoms with Crippen molar-refractivity contribution in [2.45, 2.75) is 51.0 Å². The lowest BCUT2D eigenvalue weighted by molar-refractivity contribution is 0.136. The van der Waals surface area contributed by atoms with Crippen molar-refractivity contribution in [1.82, 2.24) is 0 Å². The van der Waals surface area contributed by atoms with E-state index in [-0.39, 0.29) is 12.0 Å². The molecule has 2 unspecified atom stereocenters. The molecule has 1 rings (SSSR count). The minimum Gasteiger partial charge on any atom is -0.393 e. The summed E-state index contributed by atoms with van der Waals surface area (Å²) in [5.41, 5.74) is 1.23. The molecule has 0 saturated carbocycles. The van der Waals surface area contributed by atoms with Gasteiger partial charge in [-0.2, -0.15) is 0 Å². The van der Waals surface area contributed by atoms with Gasteiger partial charge in [0.05, 0.1) is 6.10 Å². The monoisotopic (exact) mass is 232 g/mol. The minimum absolute atomic E-state index is 0.221. The standard InChI is InChI=1S/C16H24O/c1-3-4-5-6-10-13-16(17)14(2)15-11-8-7-9-12-15/h3,7-9,11-12,14,16-17H,1,4-6,10,13H2,2H3. The Labute approximate surface area is 105 Å². The molecule has 0 aliphatic rings. The summed E-state index contributed by atoms with van der Waals surface area (Å²) in [5.74, 6) is 0.232. The first-order chi connectivity index (χ1) is 8.25. The van der Waals surface area contributed by atoms with Crippen LogP contribution in [-0.2, 0) is 0 Å². The SMILES string of the molecule is C=CCCCCCC(O)C(C)c1ccccc1. The third-order valence-electron chi connectivity index (χ3n) is 3.31. The largest absolute Gasteiger partial charge is 0.393 e. The van der Waals surface area contributed by atoms with Crippen molar-refractivity contribution in [1.29, 1.82) is 0 Å². The van der Waals surface area contributed by atoms with Gasteiger partial charge in [0.2, 0.25) is 0 Å². The molecular weight excluding hydrogens is 208 g/mol. The van der Waals surface area contributed by atoms with E-state index in [0.717, 1.165) is 19.3 Å². The van der Waals surface area contributed by atoms with Crippen LogP contribution in [0.15, 0.2) is 43.0 Å². The molecule has 1 heteroatoms. The van der Waals surface area contributed by atoms with Gasteiger partial charge in [-0.05, 0) is 24.8 Å². The first kappa shape index (κ1) is 14.0. The molecule has 0 bridgehead atoms. The smallest absolute Gasteiger partial charge is 0.0606 e. The van der Waals surface area contributed by atoms with Gasteiger partial charge in [-0.25, -0.2) is 0 Å². The van der Waals surface area contributed by atoms with E-state index < -0.39 is 0 Å². The van der Waals surface area contributed by atoms with E-state index in [2.05, 4.69) is 25.6 Å². The Bertz CT molecular complexity index is 305. The van der Waals surface area contributed by atoms with Crippen LogP contribution in [0.4, 0.5) is 0 Å². The summed E-state index contributed by atoms with van der Waals surface area (Å²) in [7, 11) is 0. The number of aliphatic hydroxyl groups is 1. The van der Waals surface area contributed by atoms with Gasteiger partial charge in [-0.1, -0.05) is 56.2 Å². The fourth-order valence-corrected chi connectivity index (χ4v) is 2.05. The zero-order valence-corrected chi connectivity index (χ0v) is 10.8. The lowest BCUT2D eigenvalue weighted by Gasteiger charge is -2.19. The van der Waals surface area contributed by atoms with Crippen LogP contribution in [0.3, 0.4) is 0 Å². The summed E-state index contributed by atoms with van der Waals surface area (Å²) in [5, 5.41) is 10.1. The van der Waals surface area contributed by atoms with Crippen LogP contribution >= 0.6 is 0 Å². The van der Waals surface area contributed by atoms with Gasteiger partial charge < -0.3 is 5.11 Å². The molecule has 0 saturated heterocycles. The number of hydrogen-bond acceptors (Lipinski definition) is 1. The average molecular weight is 232 g/mol. The number of benzene rings is 1. The maximum Gasteiger partial charge on any atom is 0.0606 e. The Morgan fingerprint density at radius 3 is 2.53 bits per heavy atom. The average Bonchev–Trinajstić information content (AvgIpc) is 2.38. The van der Waals surface area contributed by atoms with E-state index in [1.165, 1.54) is 18.4 Å². The molecule has 0 heterocycles. The second-order valence-electron chi connectivity index (χ2n) is 4.69. The summed E-state index contributed by atoms with van der Waals surface area (Å²) >= 11 is 0. The second kappa shape index (κ2) is 8.08. The predicted molar refractivity (Wildman–Crippen MR) is 74.1 cm³/mol. The van der Waals surface area contributed by atoms with Crippen LogP contribution in [0.25, 0.3) is 0 Å². The fraction of sp³-hybridized carbons (Fsp3) is 0.500. The van der Waals surface area contributed by atoms with Crippen molar-refractivity contribution in [2.24, 2.45) is 0 Å². The van der Waals surface area contributed by atoms with Crippen LogP contribution in [0.2, 0.25) is 0 Å². The molecule has 0 aromatic heterocycles. The summed E-state index contributed by atoms with van der Waals surface area (Å²) in [4.78, 5) is 0. The van der Waals surface area contributed by atoms with Gasteiger partial charge in [0.15, 0.2) is 0 Å². The van der Waals surface area contributed by atoms with Gasteiger partial charge in [0.25, 0.3) is 0 Å². The second-order valence-corrected chi connectivity index (χ2v) is 4.69. The van der Waals surface area contributed by atoms with Crippen LogP contribution in [0.5, 0.6) is 0 Å². The first-order valence-corrected chi connectivity index (χ1v) is 6.59. The van der Waals surface area contributed by atoms with Crippen molar-refractivity contribution in [2.75, 3.05) is 0 Å². The number of unbranched alkanes of at least 4 members (excludes halogenated alkanes) is 3. The third kappa shape index (κ3) is 5.18. The summed E-state index contributed by atoms with van der Waals surface area (Å²) in [6.45, 7) is 5.81. The molecule has 0 spiro atoms. The Hall–Kier alpha value is -1.08. The van der Waals surface area contributed by atoms with Gasteiger partial charge >= 0.3 is 0 Å². The van der Waals surface area contributed by atoms with Crippen LogP contribution < -0.4 is 0 Å². The van der Waals surface area contributed by atoms with Crippen molar-refractivity contribution >= 4 is 0 Å². The quantitative estimate of drug-likeness (QED) is 0.523.